The molecule has 128 valence electrons. The van der Waals surface area contributed by atoms with Crippen molar-refractivity contribution in [3.8, 4) is 0 Å². The average molecular weight is 397 g/mol. The number of rotatable bonds is 2. The molecular formula is C21H21BrN2O. The number of carbonyl (C=O) groups is 1. The number of benzene rings is 2. The number of aryl methyl sites for hydroxylation is 1. The first-order chi connectivity index (χ1) is 12.1. The molecule has 1 amide bonds. The molecule has 1 saturated heterocycles. The zero-order valence-electron chi connectivity index (χ0n) is 14.3. The van der Waals surface area contributed by atoms with Crippen LogP contribution in [0.4, 0.5) is 0 Å². The fourth-order valence-electron chi connectivity index (χ4n) is 3.97. The number of para-hydroxylation sites is 1. The Kier molecular flexibility index (Phi) is 4.38. The van der Waals surface area contributed by atoms with Crippen molar-refractivity contribution in [3.63, 3.8) is 0 Å². The zero-order chi connectivity index (χ0) is 17.4. The van der Waals surface area contributed by atoms with E-state index in [2.05, 4.69) is 52.1 Å². The molecule has 3 nitrogen and oxygen atoms in total. The maximum Gasteiger partial charge on any atom is 0.253 e. The Morgan fingerprint density at radius 2 is 1.76 bits per heavy atom. The summed E-state index contributed by atoms with van der Waals surface area (Å²) in [6, 6.07) is 16.1. The number of hydrogen-bond acceptors (Lipinski definition) is 1. The third kappa shape index (κ3) is 3.11. The lowest BCUT2D eigenvalue weighted by Gasteiger charge is -2.32. The molecule has 4 heteroatoms. The second-order valence-electron chi connectivity index (χ2n) is 6.78. The van der Waals surface area contributed by atoms with Crippen molar-refractivity contribution in [1.82, 2.24) is 9.88 Å². The van der Waals surface area contributed by atoms with Crippen LogP contribution in [-0.2, 0) is 0 Å². The summed E-state index contributed by atoms with van der Waals surface area (Å²) < 4.78 is 0.998. The van der Waals surface area contributed by atoms with Crippen molar-refractivity contribution in [2.75, 3.05) is 13.1 Å². The maximum atomic E-state index is 12.7. The molecule has 0 aliphatic carbocycles. The number of nitrogens with zero attached hydrogens (tertiary/aromatic N) is 1. The van der Waals surface area contributed by atoms with Crippen molar-refractivity contribution in [3.05, 3.63) is 69.8 Å². The minimum absolute atomic E-state index is 0.140. The van der Waals surface area contributed by atoms with Crippen molar-refractivity contribution in [1.29, 1.82) is 0 Å². The van der Waals surface area contributed by atoms with Crippen molar-refractivity contribution in [2.24, 2.45) is 0 Å². The van der Waals surface area contributed by atoms with Gasteiger partial charge in [-0.15, -0.1) is 0 Å². The summed E-state index contributed by atoms with van der Waals surface area (Å²) in [4.78, 5) is 18.2. The van der Waals surface area contributed by atoms with Crippen LogP contribution in [0.2, 0.25) is 0 Å². The van der Waals surface area contributed by atoms with Crippen molar-refractivity contribution >= 4 is 32.7 Å². The molecule has 1 N–H and O–H groups in total. The fourth-order valence-corrected chi connectivity index (χ4v) is 4.24. The SMILES string of the molecule is Cc1[nH]c2ccccc2c1C1CCN(C(=O)c2ccc(Br)cc2)CC1. The molecule has 2 aromatic carbocycles. The number of nitrogens with one attached hydrogen (secondary N) is 1. The number of H-pyrrole nitrogens is 1. The lowest BCUT2D eigenvalue weighted by Crippen LogP contribution is -2.38. The Balaban J connectivity index is 1.50. The standard InChI is InChI=1S/C21H21BrN2O/c1-14-20(18-4-2-3-5-19(18)23-14)15-10-12-24(13-11-15)21(25)16-6-8-17(22)9-7-16/h2-9,15,23H,10-13H2,1H3. The highest BCUT2D eigenvalue weighted by Gasteiger charge is 2.27. The Morgan fingerprint density at radius 3 is 2.48 bits per heavy atom. The molecular weight excluding hydrogens is 376 g/mol. The summed E-state index contributed by atoms with van der Waals surface area (Å²) in [5.74, 6) is 0.659. The molecule has 1 aliphatic rings. The van der Waals surface area contributed by atoms with Gasteiger partial charge in [-0.1, -0.05) is 34.1 Å². The molecule has 0 atom stereocenters. The number of hydrogen-bond donors (Lipinski definition) is 1. The molecule has 0 radical (unpaired) electrons. The van der Waals surface area contributed by atoms with Gasteiger partial charge in [0.15, 0.2) is 0 Å². The van der Waals surface area contributed by atoms with Gasteiger partial charge in [-0.2, -0.15) is 0 Å². The van der Waals surface area contributed by atoms with Gasteiger partial charge >= 0.3 is 0 Å². The van der Waals surface area contributed by atoms with Gasteiger partial charge in [0, 0.05) is 39.7 Å². The lowest BCUT2D eigenvalue weighted by atomic mass is 9.87. The number of carbonyl (C=O) groups excluding carboxylic acids is 1. The third-order valence-electron chi connectivity index (χ3n) is 5.23. The van der Waals surface area contributed by atoms with Crippen molar-refractivity contribution in [2.45, 2.75) is 25.7 Å². The molecule has 1 fully saturated rings. The van der Waals surface area contributed by atoms with Crippen LogP contribution in [0.5, 0.6) is 0 Å². The number of aromatic nitrogens is 1. The Labute approximate surface area is 156 Å². The van der Waals surface area contributed by atoms with Gasteiger partial charge in [-0.25, -0.2) is 0 Å². The van der Waals surface area contributed by atoms with E-state index in [0.717, 1.165) is 36.0 Å². The van der Waals surface area contributed by atoms with E-state index in [1.54, 1.807) is 0 Å². The molecule has 0 saturated carbocycles. The smallest absolute Gasteiger partial charge is 0.253 e. The van der Waals surface area contributed by atoms with Crippen molar-refractivity contribution < 1.29 is 4.79 Å². The first kappa shape index (κ1) is 16.4. The molecule has 0 unspecified atom stereocenters. The first-order valence-corrected chi connectivity index (χ1v) is 9.55. The number of aromatic amines is 1. The summed E-state index contributed by atoms with van der Waals surface area (Å²) in [6.45, 7) is 3.80. The summed E-state index contributed by atoms with van der Waals surface area (Å²) in [6.07, 6.45) is 2.04. The first-order valence-electron chi connectivity index (χ1n) is 8.75. The summed E-state index contributed by atoms with van der Waals surface area (Å²) in [7, 11) is 0. The molecule has 25 heavy (non-hydrogen) atoms. The van der Waals surface area contributed by atoms with Gasteiger partial charge in [0.2, 0.25) is 0 Å². The van der Waals surface area contributed by atoms with Crippen LogP contribution in [0.3, 0.4) is 0 Å². The predicted molar refractivity (Wildman–Crippen MR) is 105 cm³/mol. The Hall–Kier alpha value is -2.07. The van der Waals surface area contributed by atoms with Crippen LogP contribution >= 0.6 is 15.9 Å². The topological polar surface area (TPSA) is 36.1 Å². The zero-order valence-corrected chi connectivity index (χ0v) is 15.8. The van der Waals surface area contributed by atoms with E-state index in [1.165, 1.54) is 22.2 Å². The van der Waals surface area contributed by atoms with Gasteiger partial charge in [0.05, 0.1) is 0 Å². The molecule has 3 aromatic rings. The van der Waals surface area contributed by atoms with Crippen LogP contribution in [0.1, 0.15) is 40.4 Å². The highest BCUT2D eigenvalue weighted by atomic mass is 79.9. The van der Waals surface area contributed by atoms with E-state index in [9.17, 15) is 4.79 Å². The third-order valence-corrected chi connectivity index (χ3v) is 5.75. The number of piperidine rings is 1. The van der Waals surface area contributed by atoms with Crippen LogP contribution in [-0.4, -0.2) is 28.9 Å². The monoisotopic (exact) mass is 396 g/mol. The fraction of sp³-hybridized carbons (Fsp3) is 0.286. The Morgan fingerprint density at radius 1 is 1.08 bits per heavy atom. The van der Waals surface area contributed by atoms with Gasteiger partial charge < -0.3 is 9.88 Å². The van der Waals surface area contributed by atoms with E-state index in [4.69, 9.17) is 0 Å². The molecule has 0 spiro atoms. The quantitative estimate of drug-likeness (QED) is 0.629. The van der Waals surface area contributed by atoms with Gasteiger partial charge in [-0.05, 0) is 61.6 Å². The lowest BCUT2D eigenvalue weighted by molar-refractivity contribution is 0.0713. The van der Waals surface area contributed by atoms with E-state index < -0.39 is 0 Å². The summed E-state index contributed by atoms with van der Waals surface area (Å²) in [5.41, 5.74) is 4.68. The Bertz CT molecular complexity index is 905. The minimum Gasteiger partial charge on any atom is -0.358 e. The molecule has 0 bridgehead atoms. The molecule has 4 rings (SSSR count). The summed E-state index contributed by atoms with van der Waals surface area (Å²) in [5, 5.41) is 1.33. The normalized spacial score (nSPS) is 15.7. The highest BCUT2D eigenvalue weighted by Crippen LogP contribution is 2.35. The van der Waals surface area contributed by atoms with E-state index >= 15 is 0 Å². The van der Waals surface area contributed by atoms with Gasteiger partial charge in [0.1, 0.15) is 0 Å². The maximum absolute atomic E-state index is 12.7. The second-order valence-corrected chi connectivity index (χ2v) is 7.70. The largest absolute Gasteiger partial charge is 0.358 e. The van der Waals surface area contributed by atoms with Crippen LogP contribution in [0.15, 0.2) is 53.0 Å². The molecule has 1 aliphatic heterocycles. The number of fused-ring (bicyclic) bond motifs is 1. The van der Waals surface area contributed by atoms with Crippen LogP contribution in [0, 0.1) is 6.92 Å². The van der Waals surface area contributed by atoms with Crippen LogP contribution < -0.4 is 0 Å². The van der Waals surface area contributed by atoms with E-state index in [0.29, 0.717) is 5.92 Å². The number of amides is 1. The van der Waals surface area contributed by atoms with Gasteiger partial charge in [-0.3, -0.25) is 4.79 Å². The predicted octanol–water partition coefficient (Wildman–Crippen LogP) is 5.26. The number of likely N-dealkylation sites (tertiary alicyclic amines) is 1. The van der Waals surface area contributed by atoms with E-state index in [1.807, 2.05) is 29.2 Å². The molecule has 2 heterocycles. The number of halogens is 1. The van der Waals surface area contributed by atoms with Crippen LogP contribution in [0.25, 0.3) is 10.9 Å². The summed E-state index contributed by atoms with van der Waals surface area (Å²) >= 11 is 3.42. The van der Waals surface area contributed by atoms with E-state index in [-0.39, 0.29) is 5.91 Å². The highest BCUT2D eigenvalue weighted by molar-refractivity contribution is 9.10. The van der Waals surface area contributed by atoms with Gasteiger partial charge in [0.25, 0.3) is 5.91 Å². The molecule has 1 aromatic heterocycles. The minimum atomic E-state index is 0.140. The second kappa shape index (κ2) is 6.68. The average Bonchev–Trinajstić information content (AvgIpc) is 2.97.